The van der Waals surface area contributed by atoms with Gasteiger partial charge >= 0.3 is 0 Å². The number of hydrogen-bond donors (Lipinski definition) is 2. The summed E-state index contributed by atoms with van der Waals surface area (Å²) in [7, 11) is 0. The summed E-state index contributed by atoms with van der Waals surface area (Å²) in [6.07, 6.45) is 0.0405. The molecule has 10 heteroatoms. The van der Waals surface area contributed by atoms with Crippen molar-refractivity contribution in [2.24, 2.45) is 0 Å². The molecule has 8 nitrogen and oxygen atoms in total. The average Bonchev–Trinajstić information content (AvgIpc) is 2.74. The van der Waals surface area contributed by atoms with Crippen LogP contribution in [0.5, 0.6) is 0 Å². The minimum Gasteiger partial charge on any atom is -0.325 e. The van der Waals surface area contributed by atoms with E-state index in [0.717, 1.165) is 17.3 Å². The van der Waals surface area contributed by atoms with Crippen LogP contribution in [0.25, 0.3) is 0 Å². The van der Waals surface area contributed by atoms with E-state index in [9.17, 15) is 25.0 Å². The second-order valence-corrected chi connectivity index (χ2v) is 8.20. The third kappa shape index (κ3) is 5.42. The van der Waals surface area contributed by atoms with Crippen molar-refractivity contribution in [1.29, 1.82) is 5.26 Å². The molecule has 0 saturated carbocycles. The molecule has 1 heterocycles. The zero-order valence-corrected chi connectivity index (χ0v) is 17.9. The maximum Gasteiger partial charge on any atom is 0.269 e. The summed E-state index contributed by atoms with van der Waals surface area (Å²) < 4.78 is 0. The van der Waals surface area contributed by atoms with Gasteiger partial charge in [-0.3, -0.25) is 19.7 Å². The number of rotatable bonds is 6. The van der Waals surface area contributed by atoms with Gasteiger partial charge < -0.3 is 10.6 Å². The molecule has 0 radical (unpaired) electrons. The number of nitro groups is 1. The summed E-state index contributed by atoms with van der Waals surface area (Å²) in [5.41, 5.74) is 2.29. The molecule has 158 valence electrons. The molecule has 1 aliphatic rings. The molecule has 2 aromatic carbocycles. The number of hydrogen-bond acceptors (Lipinski definition) is 6. The predicted molar refractivity (Wildman–Crippen MR) is 119 cm³/mol. The second kappa shape index (κ2) is 9.64. The molecule has 3 rings (SSSR count). The number of amides is 2. The Balaban J connectivity index is 1.75. The zero-order valence-electron chi connectivity index (χ0n) is 16.3. The Kier molecular flexibility index (Phi) is 6.95. The Morgan fingerprint density at radius 3 is 2.68 bits per heavy atom. The average molecular weight is 457 g/mol. The molecule has 31 heavy (non-hydrogen) atoms. The number of carbonyl (C=O) groups is 2. The third-order valence-electron chi connectivity index (χ3n) is 4.67. The van der Waals surface area contributed by atoms with Crippen molar-refractivity contribution < 1.29 is 14.5 Å². The van der Waals surface area contributed by atoms with Crippen LogP contribution in [0, 0.1) is 28.4 Å². The zero-order chi connectivity index (χ0) is 22.5. The number of nitro benzene ring substituents is 1. The Hall–Kier alpha value is -3.35. The van der Waals surface area contributed by atoms with Gasteiger partial charge in [-0.1, -0.05) is 41.6 Å². The van der Waals surface area contributed by atoms with Crippen molar-refractivity contribution in [1.82, 2.24) is 5.32 Å². The van der Waals surface area contributed by atoms with Gasteiger partial charge in [0.1, 0.15) is 0 Å². The van der Waals surface area contributed by atoms with Crippen LogP contribution in [0.3, 0.4) is 0 Å². The standard InChI is InChI=1S/C21H17ClN4O4S/c1-12-2-5-14(8-18(12)22)24-20(28)11-31-21-17(10-23)16(9-19(27)25-21)13-3-6-15(7-4-13)26(29)30/h2-8,16H,9,11H2,1H3,(H,24,28)(H,25,27)/t16-/m1/s1. The van der Waals surface area contributed by atoms with Crippen LogP contribution in [-0.2, 0) is 9.59 Å². The van der Waals surface area contributed by atoms with Gasteiger partial charge in [-0.2, -0.15) is 5.26 Å². The molecule has 0 fully saturated rings. The molecule has 0 aliphatic carbocycles. The van der Waals surface area contributed by atoms with Crippen LogP contribution in [-0.4, -0.2) is 22.5 Å². The lowest BCUT2D eigenvalue weighted by molar-refractivity contribution is -0.384. The van der Waals surface area contributed by atoms with Gasteiger partial charge in [-0.05, 0) is 30.2 Å². The number of nitrogens with zero attached hydrogens (tertiary/aromatic N) is 2. The van der Waals surface area contributed by atoms with E-state index >= 15 is 0 Å². The lowest BCUT2D eigenvalue weighted by atomic mass is 9.87. The van der Waals surface area contributed by atoms with Gasteiger partial charge in [0.15, 0.2) is 0 Å². The number of nitrogens with one attached hydrogen (secondary N) is 2. The number of anilines is 1. The molecule has 0 aromatic heterocycles. The first-order valence-corrected chi connectivity index (χ1v) is 10.5. The molecule has 2 aromatic rings. The van der Waals surface area contributed by atoms with E-state index < -0.39 is 10.8 Å². The topological polar surface area (TPSA) is 125 Å². The van der Waals surface area contributed by atoms with E-state index in [2.05, 4.69) is 16.7 Å². The molecule has 0 bridgehead atoms. The third-order valence-corrected chi connectivity index (χ3v) is 6.09. The smallest absolute Gasteiger partial charge is 0.269 e. The SMILES string of the molecule is Cc1ccc(NC(=O)CSC2=C(C#N)[C@@H](c3ccc([N+](=O)[O-])cc3)CC(=O)N2)cc1Cl. The first-order chi connectivity index (χ1) is 14.8. The van der Waals surface area contributed by atoms with Crippen molar-refractivity contribution in [2.45, 2.75) is 19.3 Å². The molecule has 0 spiro atoms. The Morgan fingerprint density at radius 1 is 1.35 bits per heavy atom. The highest BCUT2D eigenvalue weighted by molar-refractivity contribution is 8.03. The number of allylic oxidation sites excluding steroid dienone is 1. The van der Waals surface area contributed by atoms with Crippen LogP contribution in [0.2, 0.25) is 5.02 Å². The van der Waals surface area contributed by atoms with Crippen molar-refractivity contribution in [3.63, 3.8) is 0 Å². The quantitative estimate of drug-likeness (QED) is 0.494. The van der Waals surface area contributed by atoms with E-state index in [4.69, 9.17) is 11.6 Å². The summed E-state index contributed by atoms with van der Waals surface area (Å²) in [6, 6.07) is 13.0. The number of nitriles is 1. The molecular weight excluding hydrogens is 440 g/mol. The predicted octanol–water partition coefficient (Wildman–Crippen LogP) is 4.27. The van der Waals surface area contributed by atoms with E-state index in [1.807, 2.05) is 6.92 Å². The highest BCUT2D eigenvalue weighted by Crippen LogP contribution is 2.36. The minimum absolute atomic E-state index is 0.0285. The number of halogens is 1. The van der Waals surface area contributed by atoms with E-state index in [1.54, 1.807) is 18.2 Å². The van der Waals surface area contributed by atoms with E-state index in [-0.39, 0.29) is 29.7 Å². The molecule has 1 atom stereocenters. The molecule has 0 saturated heterocycles. The summed E-state index contributed by atoms with van der Waals surface area (Å²) in [6.45, 7) is 1.85. The summed E-state index contributed by atoms with van der Waals surface area (Å²) in [5, 5.41) is 26.8. The number of non-ortho nitro benzene ring substituents is 1. The first kappa shape index (κ1) is 22.3. The molecule has 1 aliphatic heterocycles. The summed E-state index contributed by atoms with van der Waals surface area (Å²) in [4.78, 5) is 34.9. The number of benzene rings is 2. The summed E-state index contributed by atoms with van der Waals surface area (Å²) in [5.74, 6) is -1.18. The van der Waals surface area contributed by atoms with Gasteiger partial charge in [0.05, 0.1) is 27.3 Å². The molecular formula is C21H17ClN4O4S. The minimum atomic E-state index is -0.541. The lowest BCUT2D eigenvalue weighted by Gasteiger charge is -2.25. The van der Waals surface area contributed by atoms with Crippen molar-refractivity contribution in [3.8, 4) is 6.07 Å². The maximum absolute atomic E-state index is 12.3. The summed E-state index contributed by atoms with van der Waals surface area (Å²) >= 11 is 7.11. The Bertz CT molecular complexity index is 1130. The molecule has 2 N–H and O–H groups in total. The highest BCUT2D eigenvalue weighted by atomic mass is 35.5. The van der Waals surface area contributed by atoms with Gasteiger partial charge in [0.2, 0.25) is 11.8 Å². The fourth-order valence-electron chi connectivity index (χ4n) is 3.05. The van der Waals surface area contributed by atoms with Gasteiger partial charge in [-0.15, -0.1) is 0 Å². The Morgan fingerprint density at radius 2 is 2.06 bits per heavy atom. The normalized spacial score (nSPS) is 15.8. The van der Waals surface area contributed by atoms with Crippen molar-refractivity contribution in [2.75, 3.05) is 11.1 Å². The largest absolute Gasteiger partial charge is 0.325 e. The lowest BCUT2D eigenvalue weighted by Crippen LogP contribution is -2.31. The van der Waals surface area contributed by atoms with Crippen LogP contribution < -0.4 is 10.6 Å². The van der Waals surface area contributed by atoms with E-state index in [0.29, 0.717) is 26.9 Å². The van der Waals surface area contributed by atoms with Crippen LogP contribution in [0.15, 0.2) is 53.1 Å². The number of aryl methyl sites for hydroxylation is 1. The van der Waals surface area contributed by atoms with E-state index in [1.165, 1.54) is 24.3 Å². The van der Waals surface area contributed by atoms with Gasteiger partial charge in [0.25, 0.3) is 5.69 Å². The molecule has 2 amide bonds. The molecule has 0 unspecified atom stereocenters. The highest BCUT2D eigenvalue weighted by Gasteiger charge is 2.30. The maximum atomic E-state index is 12.3. The van der Waals surface area contributed by atoms with Crippen LogP contribution in [0.1, 0.15) is 23.5 Å². The van der Waals surface area contributed by atoms with Crippen LogP contribution >= 0.6 is 23.4 Å². The van der Waals surface area contributed by atoms with Crippen LogP contribution in [0.4, 0.5) is 11.4 Å². The number of carbonyl (C=O) groups excluding carboxylic acids is 2. The fourth-order valence-corrected chi connectivity index (χ4v) is 4.11. The van der Waals surface area contributed by atoms with Crippen molar-refractivity contribution >= 4 is 46.6 Å². The monoisotopic (exact) mass is 456 g/mol. The fraction of sp³-hybridized carbons (Fsp3) is 0.190. The Labute approximate surface area is 187 Å². The van der Waals surface area contributed by atoms with Gasteiger partial charge in [0, 0.05) is 35.2 Å². The van der Waals surface area contributed by atoms with Gasteiger partial charge in [-0.25, -0.2) is 0 Å². The number of thioether (sulfide) groups is 1. The second-order valence-electron chi connectivity index (χ2n) is 6.81. The first-order valence-electron chi connectivity index (χ1n) is 9.15. The van der Waals surface area contributed by atoms with Crippen molar-refractivity contribution in [3.05, 3.63) is 79.3 Å².